The summed E-state index contributed by atoms with van der Waals surface area (Å²) in [6.45, 7) is 5.76. The molecule has 0 N–H and O–H groups in total. The molecule has 0 bridgehead atoms. The molecule has 0 saturated heterocycles. The maximum Gasteiger partial charge on any atom is 0.353 e. The second kappa shape index (κ2) is 8.00. The molecule has 0 spiro atoms. The summed E-state index contributed by atoms with van der Waals surface area (Å²) in [6, 6.07) is 14.6. The van der Waals surface area contributed by atoms with E-state index in [-0.39, 0.29) is 11.3 Å². The number of benzene rings is 2. The molecular formula is C25H19NO4S2. The first-order chi connectivity index (χ1) is 15.4. The van der Waals surface area contributed by atoms with Crippen LogP contribution in [0.25, 0.3) is 31.8 Å². The third-order valence-electron chi connectivity index (χ3n) is 5.24. The number of ether oxygens (including phenoxy) is 1. The predicted molar refractivity (Wildman–Crippen MR) is 129 cm³/mol. The molecule has 32 heavy (non-hydrogen) atoms. The number of carbonyl (C=O) groups excluding carboxylic acids is 1. The van der Waals surface area contributed by atoms with Gasteiger partial charge in [0.05, 0.1) is 21.2 Å². The van der Waals surface area contributed by atoms with Gasteiger partial charge in [-0.25, -0.2) is 9.78 Å². The highest BCUT2D eigenvalue weighted by molar-refractivity contribution is 7.21. The monoisotopic (exact) mass is 461 g/mol. The number of esters is 1. The lowest BCUT2D eigenvalue weighted by Gasteiger charge is -2.14. The van der Waals surface area contributed by atoms with Gasteiger partial charge in [0, 0.05) is 11.5 Å². The third kappa shape index (κ3) is 3.43. The van der Waals surface area contributed by atoms with E-state index in [1.54, 1.807) is 31.2 Å². The summed E-state index contributed by atoms with van der Waals surface area (Å²) in [7, 11) is 0. The molecule has 5 aromatic rings. The van der Waals surface area contributed by atoms with Crippen molar-refractivity contribution in [3.05, 3.63) is 80.3 Å². The predicted octanol–water partition coefficient (Wildman–Crippen LogP) is 6.78. The molecule has 0 unspecified atom stereocenters. The molecule has 0 saturated carbocycles. The van der Waals surface area contributed by atoms with E-state index in [2.05, 4.69) is 0 Å². The Kier molecular flexibility index (Phi) is 5.15. The Morgan fingerprint density at radius 3 is 2.62 bits per heavy atom. The van der Waals surface area contributed by atoms with Gasteiger partial charge in [-0.15, -0.1) is 22.7 Å². The largest absolute Gasteiger partial charge is 0.459 e. The van der Waals surface area contributed by atoms with Gasteiger partial charge in [0.2, 0.25) is 5.43 Å². The number of thiazole rings is 1. The highest BCUT2D eigenvalue weighted by Gasteiger charge is 2.23. The van der Waals surface area contributed by atoms with Gasteiger partial charge < -0.3 is 9.15 Å². The van der Waals surface area contributed by atoms with E-state index in [0.717, 1.165) is 10.2 Å². The van der Waals surface area contributed by atoms with E-state index in [4.69, 9.17) is 14.1 Å². The highest BCUT2D eigenvalue weighted by atomic mass is 32.1. The lowest BCUT2D eigenvalue weighted by atomic mass is 10.0. The van der Waals surface area contributed by atoms with Crippen LogP contribution in [0.3, 0.4) is 0 Å². The van der Waals surface area contributed by atoms with Crippen molar-refractivity contribution in [2.75, 3.05) is 0 Å². The van der Waals surface area contributed by atoms with Crippen LogP contribution in [0.5, 0.6) is 5.75 Å². The minimum absolute atomic E-state index is 0.0363. The Morgan fingerprint density at radius 1 is 1.09 bits per heavy atom. The minimum atomic E-state index is -0.431. The SMILES string of the molecule is Cc1c(OC(=O)c2cccs2)ccc2c(=O)c(-c3nc4ccccc4s3)c(C(C)C)oc12. The van der Waals surface area contributed by atoms with Crippen LogP contribution in [0.4, 0.5) is 0 Å². The zero-order valence-electron chi connectivity index (χ0n) is 17.7. The van der Waals surface area contributed by atoms with Gasteiger partial charge in [0.1, 0.15) is 27.0 Å². The highest BCUT2D eigenvalue weighted by Crippen LogP contribution is 2.36. The van der Waals surface area contributed by atoms with Crippen LogP contribution in [0.1, 0.15) is 40.8 Å². The van der Waals surface area contributed by atoms with Crippen molar-refractivity contribution < 1.29 is 13.9 Å². The molecule has 0 radical (unpaired) electrons. The average Bonchev–Trinajstić information content (AvgIpc) is 3.45. The third-order valence-corrected chi connectivity index (χ3v) is 7.15. The van der Waals surface area contributed by atoms with Crippen molar-refractivity contribution in [1.29, 1.82) is 0 Å². The second-order valence-corrected chi connectivity index (χ2v) is 9.72. The van der Waals surface area contributed by atoms with Crippen molar-refractivity contribution in [3.63, 3.8) is 0 Å². The van der Waals surface area contributed by atoms with Gasteiger partial charge in [-0.2, -0.15) is 0 Å². The minimum Gasteiger partial charge on any atom is -0.459 e. The topological polar surface area (TPSA) is 69.4 Å². The molecule has 0 aliphatic heterocycles. The first kappa shape index (κ1) is 20.6. The van der Waals surface area contributed by atoms with Crippen LogP contribution in [0.2, 0.25) is 0 Å². The summed E-state index contributed by atoms with van der Waals surface area (Å²) < 4.78 is 12.9. The van der Waals surface area contributed by atoms with Crippen LogP contribution in [0.15, 0.2) is 63.1 Å². The van der Waals surface area contributed by atoms with Crippen molar-refractivity contribution in [2.45, 2.75) is 26.7 Å². The Labute approximate surface area is 191 Å². The number of hydrogen-bond acceptors (Lipinski definition) is 7. The van der Waals surface area contributed by atoms with Gasteiger partial charge >= 0.3 is 5.97 Å². The maximum atomic E-state index is 13.6. The number of aryl methyl sites for hydroxylation is 1. The lowest BCUT2D eigenvalue weighted by molar-refractivity contribution is 0.0739. The Balaban J connectivity index is 1.68. The summed E-state index contributed by atoms with van der Waals surface area (Å²) in [5, 5.41) is 2.91. The van der Waals surface area contributed by atoms with Crippen LogP contribution >= 0.6 is 22.7 Å². The molecule has 5 rings (SSSR count). The molecule has 2 aromatic carbocycles. The van der Waals surface area contributed by atoms with E-state index in [1.165, 1.54) is 22.7 Å². The Hall–Kier alpha value is -3.29. The zero-order chi connectivity index (χ0) is 22.4. The first-order valence-corrected chi connectivity index (χ1v) is 11.9. The van der Waals surface area contributed by atoms with Gasteiger partial charge in [0.25, 0.3) is 0 Å². The number of fused-ring (bicyclic) bond motifs is 2. The van der Waals surface area contributed by atoms with E-state index in [9.17, 15) is 9.59 Å². The zero-order valence-corrected chi connectivity index (χ0v) is 19.3. The van der Waals surface area contributed by atoms with Gasteiger partial charge in [-0.3, -0.25) is 4.79 Å². The quantitative estimate of drug-likeness (QED) is 0.218. The van der Waals surface area contributed by atoms with E-state index >= 15 is 0 Å². The molecule has 5 nitrogen and oxygen atoms in total. The lowest BCUT2D eigenvalue weighted by Crippen LogP contribution is -2.12. The maximum absolute atomic E-state index is 13.6. The number of rotatable bonds is 4. The van der Waals surface area contributed by atoms with E-state index in [0.29, 0.717) is 43.5 Å². The van der Waals surface area contributed by atoms with E-state index in [1.807, 2.05) is 43.5 Å². The summed E-state index contributed by atoms with van der Waals surface area (Å²) in [4.78, 5) is 31.2. The van der Waals surface area contributed by atoms with Crippen LogP contribution in [-0.4, -0.2) is 11.0 Å². The van der Waals surface area contributed by atoms with Crippen molar-refractivity contribution in [3.8, 4) is 16.3 Å². The Bertz CT molecular complexity index is 1490. The smallest absolute Gasteiger partial charge is 0.353 e. The normalized spacial score (nSPS) is 11.5. The Morgan fingerprint density at radius 2 is 1.91 bits per heavy atom. The summed E-state index contributed by atoms with van der Waals surface area (Å²) >= 11 is 2.80. The summed E-state index contributed by atoms with van der Waals surface area (Å²) in [5.41, 5.74) is 2.26. The number of hydrogen-bond donors (Lipinski definition) is 0. The van der Waals surface area contributed by atoms with Gasteiger partial charge in [-0.05, 0) is 42.6 Å². The number of nitrogens with zero attached hydrogens (tertiary/aromatic N) is 1. The molecule has 0 aliphatic rings. The first-order valence-electron chi connectivity index (χ1n) is 10.2. The average molecular weight is 462 g/mol. The molecule has 7 heteroatoms. The number of carbonyl (C=O) groups is 1. The molecule has 3 heterocycles. The molecule has 0 amide bonds. The fraction of sp³-hybridized carbons (Fsp3) is 0.160. The van der Waals surface area contributed by atoms with Crippen LogP contribution in [-0.2, 0) is 0 Å². The standard InChI is InChI=1S/C25H19NO4S2/c1-13(2)22-20(24-26-16-7-4-5-8-18(16)32-24)21(27)15-10-11-17(14(3)23(15)30-22)29-25(28)19-9-6-12-31-19/h4-13H,1-3H3. The fourth-order valence-corrected chi connectivity index (χ4v) is 5.25. The summed E-state index contributed by atoms with van der Waals surface area (Å²) in [5.74, 6) is 0.485. The second-order valence-electron chi connectivity index (χ2n) is 7.74. The van der Waals surface area contributed by atoms with Crippen molar-refractivity contribution in [1.82, 2.24) is 4.98 Å². The van der Waals surface area contributed by atoms with Gasteiger partial charge in [0.15, 0.2) is 0 Å². The van der Waals surface area contributed by atoms with Crippen molar-refractivity contribution >= 4 is 49.8 Å². The number of thiophene rings is 1. The molecule has 0 atom stereocenters. The van der Waals surface area contributed by atoms with Gasteiger partial charge in [-0.1, -0.05) is 32.0 Å². The summed E-state index contributed by atoms with van der Waals surface area (Å²) in [6.07, 6.45) is 0. The fourth-order valence-electron chi connectivity index (χ4n) is 3.64. The molecular weight excluding hydrogens is 442 g/mol. The number of para-hydroxylation sites is 1. The van der Waals surface area contributed by atoms with E-state index < -0.39 is 5.97 Å². The molecule has 3 aromatic heterocycles. The number of aromatic nitrogens is 1. The molecule has 0 aliphatic carbocycles. The molecule has 160 valence electrons. The van der Waals surface area contributed by atoms with Crippen LogP contribution < -0.4 is 10.2 Å². The molecule has 0 fully saturated rings. The van der Waals surface area contributed by atoms with Crippen molar-refractivity contribution in [2.24, 2.45) is 0 Å². The van der Waals surface area contributed by atoms with Crippen LogP contribution in [0, 0.1) is 6.92 Å².